The summed E-state index contributed by atoms with van der Waals surface area (Å²) in [6, 6.07) is 29.4. The fourth-order valence-electron chi connectivity index (χ4n) is 4.71. The molecule has 0 spiro atoms. The summed E-state index contributed by atoms with van der Waals surface area (Å²) in [5, 5.41) is 6.86. The number of ether oxygens (including phenoxy) is 2. The van der Waals surface area contributed by atoms with Crippen molar-refractivity contribution in [2.24, 2.45) is 0 Å². The highest BCUT2D eigenvalue weighted by atomic mass is 35.5. The van der Waals surface area contributed by atoms with Crippen LogP contribution in [0, 0.1) is 0 Å². The minimum Gasteiger partial charge on any atom is -0.493 e. The lowest BCUT2D eigenvalue weighted by Crippen LogP contribution is -2.31. The lowest BCUT2D eigenvalue weighted by molar-refractivity contribution is -0.192. The van der Waals surface area contributed by atoms with E-state index in [-0.39, 0.29) is 17.5 Å². The molecule has 0 bridgehead atoms. The van der Waals surface area contributed by atoms with Crippen LogP contribution in [-0.4, -0.2) is 49.0 Å². The van der Waals surface area contributed by atoms with Gasteiger partial charge in [0.05, 0.1) is 24.3 Å². The summed E-state index contributed by atoms with van der Waals surface area (Å²) >= 11 is 6.30. The molecule has 4 rings (SSSR count). The molecule has 0 amide bonds. The lowest BCUT2D eigenvalue weighted by atomic mass is 9.90. The highest BCUT2D eigenvalue weighted by Gasteiger charge is 2.38. The second-order valence-corrected chi connectivity index (χ2v) is 10.7. The zero-order valence-corrected chi connectivity index (χ0v) is 25.9. The van der Waals surface area contributed by atoms with E-state index in [1.165, 1.54) is 6.07 Å². The Kier molecular flexibility index (Phi) is 13.3. The monoisotopic (exact) mass is 682 g/mol. The van der Waals surface area contributed by atoms with Crippen LogP contribution in [0.4, 0.5) is 32.0 Å². The Morgan fingerprint density at radius 2 is 1.45 bits per heavy atom. The molecule has 0 saturated heterocycles. The Bertz CT molecular complexity index is 1530. The maximum absolute atomic E-state index is 13.6. The van der Waals surface area contributed by atoms with E-state index in [1.807, 2.05) is 36.4 Å². The first-order chi connectivity index (χ1) is 22.2. The molecule has 4 aromatic rings. The number of nitrogens with two attached hydrogens (primary N) is 1. The van der Waals surface area contributed by atoms with Crippen LogP contribution < -0.4 is 15.2 Å². The van der Waals surface area contributed by atoms with Gasteiger partial charge in [-0.2, -0.15) is 26.3 Å². The van der Waals surface area contributed by atoms with E-state index in [2.05, 4.69) is 29.2 Å². The van der Waals surface area contributed by atoms with Gasteiger partial charge in [0.25, 0.3) is 0 Å². The van der Waals surface area contributed by atoms with Crippen LogP contribution in [0.1, 0.15) is 34.6 Å². The van der Waals surface area contributed by atoms with Gasteiger partial charge in [-0.25, -0.2) is 4.79 Å². The van der Waals surface area contributed by atoms with E-state index in [0.717, 1.165) is 17.2 Å². The predicted octanol–water partition coefficient (Wildman–Crippen LogP) is 8.69. The third kappa shape index (κ3) is 11.4. The van der Waals surface area contributed by atoms with Gasteiger partial charge in [-0.3, -0.25) is 4.90 Å². The Morgan fingerprint density at radius 3 is 1.96 bits per heavy atom. The first-order valence-corrected chi connectivity index (χ1v) is 14.6. The van der Waals surface area contributed by atoms with Gasteiger partial charge in [0.15, 0.2) is 11.5 Å². The summed E-state index contributed by atoms with van der Waals surface area (Å²) in [6.45, 7) is 1.75. The van der Waals surface area contributed by atoms with Crippen LogP contribution in [0.3, 0.4) is 0 Å². The van der Waals surface area contributed by atoms with Crippen LogP contribution in [0.25, 0.3) is 0 Å². The molecule has 0 aromatic heterocycles. The molecule has 0 unspecified atom stereocenters. The molecule has 252 valence electrons. The number of carboxylic acids is 1. The van der Waals surface area contributed by atoms with Gasteiger partial charge in [0.2, 0.25) is 0 Å². The number of aliphatic carboxylic acids is 1. The number of methoxy groups -OCH3 is 1. The summed E-state index contributed by atoms with van der Waals surface area (Å²) in [6.07, 6.45) is -9.00. The van der Waals surface area contributed by atoms with E-state index in [0.29, 0.717) is 48.9 Å². The van der Waals surface area contributed by atoms with Crippen molar-refractivity contribution in [3.8, 4) is 11.5 Å². The summed E-state index contributed by atoms with van der Waals surface area (Å²) in [5.41, 5.74) is 8.31. The number of nitrogen functional groups attached to an aromatic ring is 1. The fourth-order valence-corrected chi connectivity index (χ4v) is 5.00. The molecule has 47 heavy (non-hydrogen) atoms. The third-order valence-electron chi connectivity index (χ3n) is 6.93. The second kappa shape index (κ2) is 16.9. The summed E-state index contributed by atoms with van der Waals surface area (Å²) < 4.78 is 83.8. The minimum atomic E-state index is -5.08. The van der Waals surface area contributed by atoms with Crippen molar-refractivity contribution < 1.29 is 45.7 Å². The van der Waals surface area contributed by atoms with E-state index in [9.17, 15) is 26.3 Å². The van der Waals surface area contributed by atoms with E-state index < -0.39 is 23.9 Å². The molecular weight excluding hydrogens is 650 g/mol. The van der Waals surface area contributed by atoms with Crippen molar-refractivity contribution >= 4 is 23.3 Å². The quantitative estimate of drug-likeness (QED) is 0.0884. The Morgan fingerprint density at radius 1 is 0.872 bits per heavy atom. The number of alkyl halides is 6. The zero-order chi connectivity index (χ0) is 34.6. The van der Waals surface area contributed by atoms with Gasteiger partial charge < -0.3 is 20.3 Å². The summed E-state index contributed by atoms with van der Waals surface area (Å²) in [4.78, 5) is 11.0. The van der Waals surface area contributed by atoms with E-state index in [1.54, 1.807) is 31.4 Å². The van der Waals surface area contributed by atoms with Crippen molar-refractivity contribution in [2.45, 2.75) is 31.2 Å². The topological polar surface area (TPSA) is 85.0 Å². The SMILES string of the molecule is COc1ccc(N)cc1OCCCN(Cc1cccc(C(F)(F)F)c1Cl)CC(c1ccccc1)c1ccccc1.O=C(O)C(F)(F)F. The molecule has 0 aliphatic rings. The standard InChI is InChI=1S/C32H32ClF3N2O2.C2HF3O2/c1-39-29-17-16-26(37)20-30(29)40-19-9-18-38(21-25-14-8-15-28(31(25)33)32(34,35)36)22-27(23-10-4-2-5-11-23)24-12-6-3-7-13-24;3-2(4,5)1(6)7/h2-8,10-17,20,27H,9,18-19,21-22,37H2,1H3;(H,6,7). The maximum atomic E-state index is 13.6. The fraction of sp³-hybridized carbons (Fsp3) is 0.265. The number of carbonyl (C=O) groups is 1. The molecule has 3 N–H and O–H groups in total. The van der Waals surface area contributed by atoms with Crippen molar-refractivity contribution in [1.29, 1.82) is 0 Å². The van der Waals surface area contributed by atoms with Gasteiger partial charge in [0, 0.05) is 37.3 Å². The first-order valence-electron chi connectivity index (χ1n) is 14.2. The molecule has 13 heteroatoms. The third-order valence-corrected chi connectivity index (χ3v) is 7.38. The van der Waals surface area contributed by atoms with Crippen molar-refractivity contribution in [1.82, 2.24) is 4.90 Å². The van der Waals surface area contributed by atoms with E-state index in [4.69, 9.17) is 36.7 Å². The number of carboxylic acid groups (broad SMARTS) is 1. The number of rotatable bonds is 12. The zero-order valence-electron chi connectivity index (χ0n) is 25.2. The van der Waals surface area contributed by atoms with Crippen molar-refractivity contribution in [3.63, 3.8) is 0 Å². The van der Waals surface area contributed by atoms with Crippen LogP contribution in [0.2, 0.25) is 5.02 Å². The molecule has 0 aliphatic carbocycles. The average Bonchev–Trinajstić information content (AvgIpc) is 3.03. The maximum Gasteiger partial charge on any atom is 0.490 e. The van der Waals surface area contributed by atoms with Crippen molar-refractivity contribution in [3.05, 3.63) is 124 Å². The molecule has 0 heterocycles. The van der Waals surface area contributed by atoms with Crippen molar-refractivity contribution in [2.75, 3.05) is 32.5 Å². The van der Waals surface area contributed by atoms with Crippen LogP contribution in [0.15, 0.2) is 97.1 Å². The predicted molar refractivity (Wildman–Crippen MR) is 168 cm³/mol. The molecule has 0 aliphatic heterocycles. The van der Waals surface area contributed by atoms with Gasteiger partial charge in [0.1, 0.15) is 0 Å². The van der Waals surface area contributed by atoms with Crippen LogP contribution in [-0.2, 0) is 17.5 Å². The lowest BCUT2D eigenvalue weighted by Gasteiger charge is -2.29. The molecular formula is C34H33ClF6N2O4. The number of nitrogens with zero attached hydrogens (tertiary/aromatic N) is 1. The molecule has 0 atom stereocenters. The van der Waals surface area contributed by atoms with Crippen LogP contribution >= 0.6 is 11.6 Å². The number of hydrogen-bond acceptors (Lipinski definition) is 5. The molecule has 0 fully saturated rings. The van der Waals surface area contributed by atoms with Gasteiger partial charge in [-0.15, -0.1) is 0 Å². The summed E-state index contributed by atoms with van der Waals surface area (Å²) in [7, 11) is 1.56. The Labute approximate surface area is 273 Å². The van der Waals surface area contributed by atoms with Gasteiger partial charge in [-0.05, 0) is 41.3 Å². The first kappa shape index (κ1) is 37.0. The molecule has 0 radical (unpaired) electrons. The second-order valence-electron chi connectivity index (χ2n) is 10.3. The highest BCUT2D eigenvalue weighted by Crippen LogP contribution is 2.37. The Hall–Kier alpha value is -4.42. The largest absolute Gasteiger partial charge is 0.493 e. The van der Waals surface area contributed by atoms with Crippen LogP contribution in [0.5, 0.6) is 11.5 Å². The molecule has 4 aromatic carbocycles. The number of hydrogen-bond donors (Lipinski definition) is 2. The van der Waals surface area contributed by atoms with Gasteiger partial charge in [-0.1, -0.05) is 84.4 Å². The Balaban J connectivity index is 0.000000771. The smallest absolute Gasteiger partial charge is 0.490 e. The number of benzene rings is 4. The molecule has 0 saturated carbocycles. The number of halogens is 7. The van der Waals surface area contributed by atoms with Gasteiger partial charge >= 0.3 is 18.3 Å². The minimum absolute atomic E-state index is 0.00177. The number of anilines is 1. The summed E-state index contributed by atoms with van der Waals surface area (Å²) in [5.74, 6) is -1.63. The van der Waals surface area contributed by atoms with E-state index >= 15 is 0 Å². The molecule has 6 nitrogen and oxygen atoms in total. The normalized spacial score (nSPS) is 11.6. The average molecular weight is 683 g/mol. The highest BCUT2D eigenvalue weighted by molar-refractivity contribution is 6.32.